The third-order valence-corrected chi connectivity index (χ3v) is 10.1. The molecule has 6 rings (SSSR count). The number of allylic oxidation sites excluding steroid dienone is 1. The van der Waals surface area contributed by atoms with Crippen LogP contribution in [0.2, 0.25) is 13.1 Å². The maximum Gasteiger partial charge on any atom is 3.00 e. The molecular weight excluding hydrogens is 635 g/mol. The van der Waals surface area contributed by atoms with E-state index in [1.807, 2.05) is 0 Å². The maximum atomic E-state index is 2.57. The molecule has 0 spiro atoms. The Morgan fingerprint density at radius 3 is 2.07 bits per heavy atom. The van der Waals surface area contributed by atoms with E-state index in [9.17, 15) is 0 Å². The van der Waals surface area contributed by atoms with Crippen molar-refractivity contribution in [2.45, 2.75) is 78.3 Å². The molecule has 0 aromatic heterocycles. The van der Waals surface area contributed by atoms with E-state index in [0.717, 1.165) is 0 Å². The molecule has 4 heteroatoms. The molecule has 1 aliphatic carbocycles. The predicted octanol–water partition coefficient (Wildman–Crippen LogP) is 3.98. The monoisotopic (exact) mass is 672 g/mol. The minimum absolute atomic E-state index is 0. The van der Waals surface area contributed by atoms with Gasteiger partial charge >= 0.3 is 26.2 Å². The molecule has 0 amide bonds. The minimum atomic E-state index is -0.690. The van der Waals surface area contributed by atoms with Crippen molar-refractivity contribution in [2.75, 3.05) is 0 Å². The van der Waals surface area contributed by atoms with Crippen LogP contribution in [0.3, 0.4) is 0 Å². The van der Waals surface area contributed by atoms with Crippen molar-refractivity contribution in [3.63, 3.8) is 0 Å². The summed E-state index contributed by atoms with van der Waals surface area (Å²) in [6.07, 6.45) is 2.47. The van der Waals surface area contributed by atoms with Crippen LogP contribution < -0.4 is 30.0 Å². The van der Waals surface area contributed by atoms with E-state index in [1.54, 1.807) is 16.3 Å². The molecule has 0 saturated carbocycles. The third-order valence-electron chi connectivity index (χ3n) is 8.64. The molecule has 0 bridgehead atoms. The maximum absolute atomic E-state index is 2.57. The van der Waals surface area contributed by atoms with Gasteiger partial charge in [0.2, 0.25) is 0 Å². The molecule has 0 nitrogen and oxygen atoms in total. The van der Waals surface area contributed by atoms with Gasteiger partial charge in [0.1, 0.15) is 0 Å². The first-order valence-corrected chi connectivity index (χ1v) is 16.6. The quantitative estimate of drug-likeness (QED) is 0.197. The van der Waals surface area contributed by atoms with Crippen molar-refractivity contribution in [3.8, 4) is 0 Å². The third kappa shape index (κ3) is 5.60. The summed E-state index contributed by atoms with van der Waals surface area (Å²) < 4.78 is 0. The van der Waals surface area contributed by atoms with E-state index in [1.165, 1.54) is 54.6 Å². The summed E-state index contributed by atoms with van der Waals surface area (Å²) in [5.74, 6) is 0.284. The molecule has 1 aliphatic rings. The van der Waals surface area contributed by atoms with Crippen LogP contribution in [-0.4, -0.2) is 8.80 Å². The number of halogens is 2. The Kier molecular flexibility index (Phi) is 9.80. The number of hydrogen-bond acceptors (Lipinski definition) is 0. The van der Waals surface area contributed by atoms with Gasteiger partial charge < -0.3 is 24.8 Å². The summed E-state index contributed by atoms with van der Waals surface area (Å²) in [6, 6.07) is 25.9. The zero-order valence-corrected chi connectivity index (χ0v) is 30.7. The second-order valence-corrected chi connectivity index (χ2v) is 16.3. The van der Waals surface area contributed by atoms with Crippen LogP contribution in [0.5, 0.6) is 0 Å². The zero-order valence-electron chi connectivity index (χ0n) is 25.8. The van der Waals surface area contributed by atoms with Crippen LogP contribution in [0.1, 0.15) is 82.2 Å². The zero-order chi connectivity index (χ0) is 27.1. The molecule has 2 radical (unpaired) electrons. The Hall–Kier alpha value is -1.57. The summed E-state index contributed by atoms with van der Waals surface area (Å²) in [5.41, 5.74) is 9.06. The molecule has 5 aromatic carbocycles. The van der Waals surface area contributed by atoms with Gasteiger partial charge in [-0.3, -0.25) is 0 Å². The summed E-state index contributed by atoms with van der Waals surface area (Å²) in [4.78, 5) is 0. The van der Waals surface area contributed by atoms with Gasteiger partial charge in [-0.15, -0.1) is 33.7 Å². The van der Waals surface area contributed by atoms with Gasteiger partial charge in [-0.2, -0.15) is 0 Å². The van der Waals surface area contributed by atoms with Gasteiger partial charge in [-0.25, -0.2) is 0 Å². The molecule has 210 valence electrons. The number of fused-ring (bicyclic) bond motifs is 6. The molecule has 41 heavy (non-hydrogen) atoms. The fourth-order valence-electron chi connectivity index (χ4n) is 6.81. The average molecular weight is 675 g/mol. The fourth-order valence-corrected chi connectivity index (χ4v) is 8.26. The standard InChI is InChI=1S/C37H40Si.2ClH.Zr/c1-22-18-29-26-13-11-10-12-23(26)14-16-28(29)33(22)34-31-20-24-19-25(36(2,3)4)15-17-27(24)30(31)21-32(38(8)9)35(34)37(5,6)7;;;/h10-21,33H,1-9H3;2*1H;/q-1;;;+3/p-2. The Morgan fingerprint density at radius 2 is 1.44 bits per heavy atom. The Morgan fingerprint density at radius 1 is 0.756 bits per heavy atom. The largest absolute Gasteiger partial charge is 3.00 e. The molecule has 0 fully saturated rings. The van der Waals surface area contributed by atoms with E-state index in [4.69, 9.17) is 0 Å². The second kappa shape index (κ2) is 11.8. The molecule has 1 unspecified atom stereocenters. The van der Waals surface area contributed by atoms with Gasteiger partial charge in [-0.05, 0) is 39.7 Å². The molecule has 1 atom stereocenters. The minimum Gasteiger partial charge on any atom is -1.00 e. The average Bonchev–Trinajstić information content (AvgIpc) is 3.38. The number of benzene rings is 4. The van der Waals surface area contributed by atoms with Crippen molar-refractivity contribution in [1.82, 2.24) is 0 Å². The first kappa shape index (κ1) is 33.9. The van der Waals surface area contributed by atoms with Crippen LogP contribution in [0.4, 0.5) is 0 Å². The van der Waals surface area contributed by atoms with E-state index >= 15 is 0 Å². The van der Waals surface area contributed by atoms with Crippen molar-refractivity contribution in [2.24, 2.45) is 0 Å². The van der Waals surface area contributed by atoms with Crippen LogP contribution in [-0.2, 0) is 37.0 Å². The summed E-state index contributed by atoms with van der Waals surface area (Å²) in [5, 5.41) is 9.96. The van der Waals surface area contributed by atoms with Gasteiger partial charge in [0.25, 0.3) is 0 Å². The second-order valence-electron chi connectivity index (χ2n) is 13.7. The van der Waals surface area contributed by atoms with E-state index in [0.29, 0.717) is 0 Å². The number of hydrogen-bond donors (Lipinski definition) is 0. The Labute approximate surface area is 279 Å². The fraction of sp³-hybridized carbons (Fsp3) is 0.324. The molecule has 0 N–H and O–H groups in total. The summed E-state index contributed by atoms with van der Waals surface area (Å²) >= 11 is 0. The van der Waals surface area contributed by atoms with Crippen LogP contribution in [0.25, 0.3) is 38.4 Å². The normalized spacial score (nSPS) is 15.0. The molecule has 0 saturated heterocycles. The van der Waals surface area contributed by atoms with Gasteiger partial charge in [-0.1, -0.05) is 143 Å². The van der Waals surface area contributed by atoms with Crippen molar-refractivity contribution < 1.29 is 51.0 Å². The summed E-state index contributed by atoms with van der Waals surface area (Å²) in [7, 11) is -0.690. The van der Waals surface area contributed by atoms with Crippen molar-refractivity contribution in [3.05, 3.63) is 100 Å². The van der Waals surface area contributed by atoms with Gasteiger partial charge in [0.15, 0.2) is 0 Å². The molecule has 0 aliphatic heterocycles. The molecule has 0 heterocycles. The summed E-state index contributed by atoms with van der Waals surface area (Å²) in [6.45, 7) is 21.5. The molecule has 5 aromatic rings. The SMILES string of the molecule is CC1=Cc2c(ccc3ccccc23)C1c1c(C(C)(C)C)c([Si](C)C)cc2c1[cH-]c1cc(C(C)(C)C)ccc12.[Cl-].[Cl-].[Zr+3]. The molecular formula is C37H40Cl2SiZr. The van der Waals surface area contributed by atoms with E-state index in [2.05, 4.69) is 134 Å². The van der Waals surface area contributed by atoms with E-state index in [-0.39, 0.29) is 67.8 Å². The van der Waals surface area contributed by atoms with Crippen LogP contribution >= 0.6 is 0 Å². The van der Waals surface area contributed by atoms with Crippen molar-refractivity contribution in [1.29, 1.82) is 0 Å². The smallest absolute Gasteiger partial charge is 1.00 e. The first-order chi connectivity index (χ1) is 17.9. The Bertz CT molecular complexity index is 1780. The first-order valence-electron chi connectivity index (χ1n) is 14.1. The van der Waals surface area contributed by atoms with Gasteiger partial charge in [0, 0.05) is 5.92 Å². The number of rotatable bonds is 2. The Balaban J connectivity index is 0.00000154. The predicted molar refractivity (Wildman–Crippen MR) is 171 cm³/mol. The van der Waals surface area contributed by atoms with Crippen molar-refractivity contribution >= 4 is 52.4 Å². The van der Waals surface area contributed by atoms with Crippen LogP contribution in [0.15, 0.2) is 72.3 Å². The van der Waals surface area contributed by atoms with Crippen LogP contribution in [0, 0.1) is 0 Å². The topological polar surface area (TPSA) is 0 Å². The van der Waals surface area contributed by atoms with Gasteiger partial charge in [0.05, 0.1) is 8.80 Å². The van der Waals surface area contributed by atoms with E-state index < -0.39 is 8.80 Å².